The Morgan fingerprint density at radius 3 is 1.46 bits per heavy atom. The molecule has 19 nitrogen and oxygen atoms in total. The lowest BCUT2D eigenvalue weighted by molar-refractivity contribution is -0.121. The number of azide groups is 1. The highest BCUT2D eigenvalue weighted by molar-refractivity contribution is 8.00. The number of fused-ring (bicyclic) bond motifs is 1. The summed E-state index contributed by atoms with van der Waals surface area (Å²) in [7, 11) is 0. The number of carbonyl (C=O) groups is 2. The number of thioether (sulfide) groups is 1. The van der Waals surface area contributed by atoms with Gasteiger partial charge in [0.1, 0.15) is 0 Å². The van der Waals surface area contributed by atoms with Crippen molar-refractivity contribution in [2.45, 2.75) is 43.0 Å². The fourth-order valence-electron chi connectivity index (χ4n) is 5.08. The summed E-state index contributed by atoms with van der Waals surface area (Å²) in [4.78, 5) is 26.1. The van der Waals surface area contributed by atoms with Crippen LogP contribution in [0.25, 0.3) is 10.4 Å². The summed E-state index contributed by atoms with van der Waals surface area (Å²) in [5, 5.41) is 12.7. The lowest BCUT2D eigenvalue weighted by atomic mass is 10.0. The molecule has 314 valence electrons. The Morgan fingerprint density at radius 2 is 1.04 bits per heavy atom. The largest absolute Gasteiger partial charge is 0.379 e. The topological polar surface area (TPSA) is 221 Å². The van der Waals surface area contributed by atoms with Crippen molar-refractivity contribution in [3.05, 3.63) is 10.4 Å². The quantitative estimate of drug-likeness (QED) is 0.0261. The molecular weight excluding hydrogens is 732 g/mol. The van der Waals surface area contributed by atoms with Crippen LogP contribution in [0.5, 0.6) is 0 Å². The van der Waals surface area contributed by atoms with Crippen molar-refractivity contribution in [2.75, 3.05) is 164 Å². The van der Waals surface area contributed by atoms with E-state index in [0.717, 1.165) is 25.0 Å². The smallest absolute Gasteiger partial charge is 0.315 e. The molecule has 3 N–H and O–H groups in total. The van der Waals surface area contributed by atoms with E-state index in [-0.39, 0.29) is 24.0 Å². The first kappa shape index (κ1) is 48.1. The second-order valence-corrected chi connectivity index (χ2v) is 13.2. The Hall–Kier alpha value is -2.04. The van der Waals surface area contributed by atoms with E-state index in [1.807, 2.05) is 11.8 Å². The van der Waals surface area contributed by atoms with Gasteiger partial charge < -0.3 is 68.1 Å². The van der Waals surface area contributed by atoms with Crippen LogP contribution in [0.2, 0.25) is 0 Å². The summed E-state index contributed by atoms with van der Waals surface area (Å²) in [6, 6.07) is 0.400. The molecule has 0 aromatic rings. The van der Waals surface area contributed by atoms with Gasteiger partial charge in [0.2, 0.25) is 5.91 Å². The molecule has 2 fully saturated rings. The Labute approximate surface area is 323 Å². The number of urea groups is 1. The van der Waals surface area contributed by atoms with Gasteiger partial charge in [0.25, 0.3) is 0 Å². The first-order valence-electron chi connectivity index (χ1n) is 19.0. The Bertz CT molecular complexity index is 960. The molecule has 0 radical (unpaired) electrons. The maximum atomic E-state index is 12.0. The molecule has 2 saturated heterocycles. The molecule has 0 aliphatic carbocycles. The summed E-state index contributed by atoms with van der Waals surface area (Å²) in [6.45, 7) is 11.2. The molecule has 2 aliphatic heterocycles. The molecular formula is C34H64N6O13S. The van der Waals surface area contributed by atoms with E-state index in [0.29, 0.717) is 170 Å². The zero-order chi connectivity index (χ0) is 38.4. The van der Waals surface area contributed by atoms with E-state index in [1.165, 1.54) is 0 Å². The summed E-state index contributed by atoms with van der Waals surface area (Å²) in [5.74, 6) is 0.998. The minimum Gasteiger partial charge on any atom is -0.379 e. The Kier molecular flexibility index (Phi) is 32.6. The lowest BCUT2D eigenvalue weighted by Crippen LogP contribution is -2.36. The number of nitrogens with zero attached hydrogens (tertiary/aromatic N) is 3. The second kappa shape index (κ2) is 36.6. The van der Waals surface area contributed by atoms with Gasteiger partial charge in [-0.2, -0.15) is 11.8 Å². The monoisotopic (exact) mass is 796 g/mol. The van der Waals surface area contributed by atoms with Crippen LogP contribution in [0.15, 0.2) is 5.11 Å². The standard InChI is InChI=1S/C34H64N6O13S/c35-40-37-6-8-44-10-12-46-14-16-48-18-20-50-22-24-52-26-28-53-27-25-51-23-21-49-19-17-47-15-13-45-11-9-43-7-5-36-32(41)4-2-1-3-31-33-30(29-54-31)38-34(42)39-33/h30-31,33H,1-29H2,(H,36,41)(H2,38,39,42)/t30-,31?,33-/m1/s1. The summed E-state index contributed by atoms with van der Waals surface area (Å²) in [6.07, 6.45) is 3.33. The minimum absolute atomic E-state index is 0.0404. The third-order valence-corrected chi connectivity index (χ3v) is 9.28. The molecule has 2 heterocycles. The van der Waals surface area contributed by atoms with E-state index < -0.39 is 0 Å². The summed E-state index contributed by atoms with van der Waals surface area (Å²) >= 11 is 1.90. The Balaban J connectivity index is 1.14. The third-order valence-electron chi connectivity index (χ3n) is 7.77. The van der Waals surface area contributed by atoms with Crippen LogP contribution >= 0.6 is 11.8 Å². The van der Waals surface area contributed by atoms with Gasteiger partial charge in [-0.25, -0.2) is 4.79 Å². The number of hydrogen-bond donors (Lipinski definition) is 3. The van der Waals surface area contributed by atoms with E-state index in [1.54, 1.807) is 0 Å². The van der Waals surface area contributed by atoms with Gasteiger partial charge in [-0.1, -0.05) is 11.5 Å². The average molecular weight is 797 g/mol. The van der Waals surface area contributed by atoms with E-state index in [9.17, 15) is 9.59 Å². The van der Waals surface area contributed by atoms with Crippen molar-refractivity contribution in [1.82, 2.24) is 16.0 Å². The van der Waals surface area contributed by atoms with Gasteiger partial charge in [-0.05, 0) is 18.4 Å². The molecule has 2 rings (SSSR count). The second-order valence-electron chi connectivity index (χ2n) is 11.9. The van der Waals surface area contributed by atoms with E-state index in [4.69, 9.17) is 57.6 Å². The minimum atomic E-state index is -0.0626. The van der Waals surface area contributed by atoms with Crippen LogP contribution < -0.4 is 16.0 Å². The lowest BCUT2D eigenvalue weighted by Gasteiger charge is -2.16. The van der Waals surface area contributed by atoms with Crippen molar-refractivity contribution >= 4 is 23.7 Å². The predicted molar refractivity (Wildman–Crippen MR) is 200 cm³/mol. The number of unbranched alkanes of at least 4 members (excludes halogenated alkanes) is 1. The molecule has 54 heavy (non-hydrogen) atoms. The van der Waals surface area contributed by atoms with Gasteiger partial charge in [-0.3, -0.25) is 4.79 Å². The molecule has 1 unspecified atom stereocenters. The van der Waals surface area contributed by atoms with Gasteiger partial charge in [0.15, 0.2) is 0 Å². The first-order valence-corrected chi connectivity index (χ1v) is 20.1. The van der Waals surface area contributed by atoms with Crippen molar-refractivity contribution in [1.29, 1.82) is 0 Å². The zero-order valence-corrected chi connectivity index (χ0v) is 32.6. The normalized spacial score (nSPS) is 17.6. The van der Waals surface area contributed by atoms with Crippen molar-refractivity contribution in [2.24, 2.45) is 5.11 Å². The maximum Gasteiger partial charge on any atom is 0.315 e. The SMILES string of the molecule is [N-]=[N+]=NCCOCCOCCOCCOCCOCCOCCOCCOCCOCCOCCOCCNC(=O)CCCCC1SC[C@H]2NC(=O)N[C@@H]12. The zero-order valence-electron chi connectivity index (χ0n) is 31.8. The molecule has 20 heteroatoms. The number of carbonyl (C=O) groups excluding carboxylic acids is 2. The van der Waals surface area contributed by atoms with E-state index in [2.05, 4.69) is 26.0 Å². The predicted octanol–water partition coefficient (Wildman–Crippen LogP) is 1.32. The van der Waals surface area contributed by atoms with E-state index >= 15 is 0 Å². The van der Waals surface area contributed by atoms with Crippen molar-refractivity contribution in [3.8, 4) is 0 Å². The third kappa shape index (κ3) is 28.4. The van der Waals surface area contributed by atoms with Gasteiger partial charge in [-0.15, -0.1) is 0 Å². The van der Waals surface area contributed by atoms with Gasteiger partial charge in [0.05, 0.1) is 157 Å². The van der Waals surface area contributed by atoms with Crippen LogP contribution in [0.3, 0.4) is 0 Å². The van der Waals surface area contributed by atoms with Crippen molar-refractivity contribution in [3.63, 3.8) is 0 Å². The number of ether oxygens (including phenoxy) is 11. The summed E-state index contributed by atoms with van der Waals surface area (Å²) in [5.41, 5.74) is 8.15. The molecule has 0 spiro atoms. The van der Waals surface area contributed by atoms with Crippen LogP contribution in [-0.2, 0) is 56.9 Å². The molecule has 0 aromatic heterocycles. The van der Waals surface area contributed by atoms with Gasteiger partial charge >= 0.3 is 6.03 Å². The molecule has 3 atom stereocenters. The number of hydrogen-bond acceptors (Lipinski definition) is 15. The van der Waals surface area contributed by atoms with Crippen LogP contribution in [-0.4, -0.2) is 193 Å². The highest BCUT2D eigenvalue weighted by atomic mass is 32.2. The number of amides is 3. The van der Waals surface area contributed by atoms with Crippen LogP contribution in [0.1, 0.15) is 25.7 Å². The average Bonchev–Trinajstić information content (AvgIpc) is 3.73. The van der Waals surface area contributed by atoms with Crippen molar-refractivity contribution < 1.29 is 61.7 Å². The molecule has 3 amide bonds. The van der Waals surface area contributed by atoms with Gasteiger partial charge in [0, 0.05) is 35.4 Å². The first-order chi connectivity index (χ1) is 26.7. The Morgan fingerprint density at radius 1 is 0.630 bits per heavy atom. The summed E-state index contributed by atoms with van der Waals surface area (Å²) < 4.78 is 59.9. The fourth-order valence-corrected chi connectivity index (χ4v) is 6.62. The fraction of sp³-hybridized carbons (Fsp3) is 0.941. The van der Waals surface area contributed by atoms with Crippen LogP contribution in [0.4, 0.5) is 4.79 Å². The maximum absolute atomic E-state index is 12.0. The molecule has 0 bridgehead atoms. The number of nitrogens with one attached hydrogen (secondary N) is 3. The molecule has 0 saturated carbocycles. The highest BCUT2D eigenvalue weighted by Gasteiger charge is 2.42. The highest BCUT2D eigenvalue weighted by Crippen LogP contribution is 2.33. The molecule has 2 aliphatic rings. The number of rotatable bonds is 41. The molecule has 0 aromatic carbocycles. The van der Waals surface area contributed by atoms with Crippen LogP contribution in [0, 0.1) is 0 Å².